The average molecular weight is 477 g/mol. The van der Waals surface area contributed by atoms with Gasteiger partial charge in [0.2, 0.25) is 5.91 Å². The molecule has 1 fully saturated rings. The van der Waals surface area contributed by atoms with E-state index in [2.05, 4.69) is 19.2 Å². The van der Waals surface area contributed by atoms with Gasteiger partial charge in [-0.05, 0) is 60.2 Å². The van der Waals surface area contributed by atoms with Crippen molar-refractivity contribution < 1.29 is 14.7 Å². The van der Waals surface area contributed by atoms with Gasteiger partial charge in [-0.3, -0.25) is 9.59 Å². The minimum atomic E-state index is -0.428. The number of anilines is 1. The molecule has 0 bridgehead atoms. The zero-order valence-corrected chi connectivity index (χ0v) is 20.7. The zero-order chi connectivity index (χ0) is 24.9. The van der Waals surface area contributed by atoms with Crippen LogP contribution < -0.4 is 11.1 Å². The Morgan fingerprint density at radius 2 is 1.77 bits per heavy atom. The lowest BCUT2D eigenvalue weighted by molar-refractivity contribution is -0.127. The quantitative estimate of drug-likeness (QED) is 0.566. The summed E-state index contributed by atoms with van der Waals surface area (Å²) in [5, 5.41) is 13.1. The fourth-order valence-corrected chi connectivity index (χ4v) is 4.84. The van der Waals surface area contributed by atoms with Crippen molar-refractivity contribution in [2.75, 3.05) is 31.5 Å². The van der Waals surface area contributed by atoms with Crippen molar-refractivity contribution >= 4 is 23.6 Å². The molecule has 0 radical (unpaired) electrons. The van der Waals surface area contributed by atoms with Gasteiger partial charge in [-0.25, -0.2) is 0 Å². The van der Waals surface area contributed by atoms with Crippen molar-refractivity contribution in [3.8, 4) is 11.1 Å². The molecule has 4 N–H and O–H groups in total. The number of nitrogens with one attached hydrogen (secondary N) is 1. The van der Waals surface area contributed by atoms with E-state index in [4.69, 9.17) is 5.73 Å². The minimum absolute atomic E-state index is 0.0507. The van der Waals surface area contributed by atoms with Gasteiger partial charge in [0.1, 0.15) is 0 Å². The summed E-state index contributed by atoms with van der Waals surface area (Å²) < 4.78 is 0. The molecular weight excluding hydrogens is 440 g/mol. The van der Waals surface area contributed by atoms with E-state index < -0.39 is 6.10 Å². The van der Waals surface area contributed by atoms with E-state index in [1.165, 1.54) is 0 Å². The van der Waals surface area contributed by atoms with E-state index in [0.29, 0.717) is 31.5 Å². The normalized spacial score (nSPS) is 19.4. The number of carbonyl (C=O) groups excluding carboxylic acids is 2. The summed E-state index contributed by atoms with van der Waals surface area (Å²) in [5.74, 6) is 0.0128. The Morgan fingerprint density at radius 3 is 2.40 bits per heavy atom. The number of carbonyl (C=O) groups is 2. The molecule has 7 nitrogen and oxygen atoms in total. The van der Waals surface area contributed by atoms with Crippen molar-refractivity contribution in [3.05, 3.63) is 59.2 Å². The molecular formula is C28H36N4O3. The van der Waals surface area contributed by atoms with Crippen LogP contribution in [0.1, 0.15) is 55.5 Å². The van der Waals surface area contributed by atoms with E-state index in [-0.39, 0.29) is 18.0 Å². The average Bonchev–Trinajstić information content (AvgIpc) is 3.21. The van der Waals surface area contributed by atoms with Gasteiger partial charge in [0.05, 0.1) is 12.3 Å². The van der Waals surface area contributed by atoms with Gasteiger partial charge in [-0.2, -0.15) is 0 Å². The first kappa shape index (κ1) is 24.9. The van der Waals surface area contributed by atoms with Crippen LogP contribution in [0.25, 0.3) is 17.2 Å². The second-order valence-corrected chi connectivity index (χ2v) is 9.49. The second-order valence-electron chi connectivity index (χ2n) is 9.49. The van der Waals surface area contributed by atoms with Gasteiger partial charge in [-0.1, -0.05) is 38.1 Å². The molecule has 0 spiro atoms. The highest BCUT2D eigenvalue weighted by molar-refractivity contribution is 5.99. The third-order valence-corrected chi connectivity index (χ3v) is 6.63. The van der Waals surface area contributed by atoms with Crippen LogP contribution in [0.5, 0.6) is 0 Å². The number of likely N-dealkylation sites (tertiary alicyclic amines) is 1. The Labute approximate surface area is 207 Å². The topological polar surface area (TPSA) is 98.9 Å². The van der Waals surface area contributed by atoms with Crippen molar-refractivity contribution in [1.82, 2.24) is 9.80 Å². The number of benzene rings is 2. The summed E-state index contributed by atoms with van der Waals surface area (Å²) in [6.45, 7) is 6.64. The molecule has 1 saturated heterocycles. The summed E-state index contributed by atoms with van der Waals surface area (Å²) >= 11 is 0. The van der Waals surface area contributed by atoms with Crippen LogP contribution in [0.2, 0.25) is 0 Å². The molecule has 0 aliphatic carbocycles. The highest BCUT2D eigenvalue weighted by Crippen LogP contribution is 2.31. The zero-order valence-electron chi connectivity index (χ0n) is 20.7. The van der Waals surface area contributed by atoms with Crippen LogP contribution in [0, 0.1) is 0 Å². The molecule has 2 atom stereocenters. The molecule has 2 aromatic rings. The first-order chi connectivity index (χ1) is 16.9. The number of β-amino-alcohol motifs (C(OH)–C–C–N with tert-alkyl or cyclic N) is 1. The third-order valence-electron chi connectivity index (χ3n) is 6.63. The Morgan fingerprint density at radius 1 is 1.09 bits per heavy atom. The van der Waals surface area contributed by atoms with E-state index in [0.717, 1.165) is 53.9 Å². The maximum atomic E-state index is 13.2. The summed E-state index contributed by atoms with van der Waals surface area (Å²) in [6.07, 6.45) is 4.12. The van der Waals surface area contributed by atoms with Crippen LogP contribution >= 0.6 is 0 Å². The van der Waals surface area contributed by atoms with Crippen molar-refractivity contribution in [2.24, 2.45) is 5.73 Å². The number of nitrogens with two attached hydrogens (primary N) is 1. The summed E-state index contributed by atoms with van der Waals surface area (Å²) in [4.78, 5) is 29.5. The lowest BCUT2D eigenvalue weighted by Crippen LogP contribution is -2.36. The molecule has 186 valence electrons. The van der Waals surface area contributed by atoms with E-state index in [9.17, 15) is 14.7 Å². The Bertz CT molecular complexity index is 1090. The van der Waals surface area contributed by atoms with E-state index in [1.54, 1.807) is 4.90 Å². The van der Waals surface area contributed by atoms with Crippen LogP contribution in [-0.4, -0.2) is 65.2 Å². The number of nitrogens with zero attached hydrogens (tertiary/aromatic N) is 2. The predicted octanol–water partition coefficient (Wildman–Crippen LogP) is 3.69. The molecule has 0 saturated carbocycles. The van der Waals surface area contributed by atoms with Crippen molar-refractivity contribution in [2.45, 2.75) is 51.8 Å². The van der Waals surface area contributed by atoms with Gasteiger partial charge in [0.25, 0.3) is 5.91 Å². The smallest absolute Gasteiger partial charge is 0.253 e. The number of fused-ring (bicyclic) bond motifs is 1. The van der Waals surface area contributed by atoms with Gasteiger partial charge in [0, 0.05) is 49.4 Å². The summed E-state index contributed by atoms with van der Waals surface area (Å²) in [5.41, 5.74) is 11.5. The van der Waals surface area contributed by atoms with Crippen LogP contribution in [-0.2, 0) is 4.79 Å². The maximum Gasteiger partial charge on any atom is 0.253 e. The molecule has 2 aromatic carbocycles. The molecule has 2 aliphatic rings. The minimum Gasteiger partial charge on any atom is -0.391 e. The number of aliphatic hydroxyl groups excluding tert-OH is 1. The van der Waals surface area contributed by atoms with Gasteiger partial charge in [-0.15, -0.1) is 0 Å². The molecule has 35 heavy (non-hydrogen) atoms. The highest BCUT2D eigenvalue weighted by Gasteiger charge is 2.26. The predicted molar refractivity (Wildman–Crippen MR) is 140 cm³/mol. The molecule has 2 aliphatic heterocycles. The maximum absolute atomic E-state index is 13.2. The number of amides is 2. The standard InChI is InChI=1S/C28H36N4O3/c1-3-12-31(13-4-2)28(35)23-15-22-10-9-21(16-25(22)30-26(29)17-23)19-5-7-20(8-6-19)27(34)32-14-11-24(33)18-32/h5-10,15-16,24,26,30,33H,3-4,11-14,17-18,29H2,1-2H3/t24-,26?/m0/s1. The molecule has 7 heteroatoms. The lowest BCUT2D eigenvalue weighted by atomic mass is 10.00. The SMILES string of the molecule is CCCN(CCC)C(=O)C1=Cc2ccc(-c3ccc(C(=O)N4CC[C@H](O)C4)cc3)cc2NC(N)C1. The second kappa shape index (κ2) is 11.1. The molecule has 2 amide bonds. The Hall–Kier alpha value is -3.16. The number of rotatable bonds is 7. The van der Waals surface area contributed by atoms with Crippen molar-refractivity contribution in [3.63, 3.8) is 0 Å². The van der Waals surface area contributed by atoms with Gasteiger partial charge < -0.3 is 26.0 Å². The van der Waals surface area contributed by atoms with Crippen LogP contribution in [0.4, 0.5) is 5.69 Å². The Balaban J connectivity index is 1.55. The first-order valence-electron chi connectivity index (χ1n) is 12.6. The van der Waals surface area contributed by atoms with Crippen LogP contribution in [0.15, 0.2) is 48.0 Å². The molecule has 4 rings (SSSR count). The number of hydrogen-bond acceptors (Lipinski definition) is 5. The first-order valence-corrected chi connectivity index (χ1v) is 12.6. The molecule has 0 aromatic heterocycles. The number of aliphatic hydroxyl groups is 1. The molecule has 2 heterocycles. The molecule has 1 unspecified atom stereocenters. The van der Waals surface area contributed by atoms with Gasteiger partial charge in [0.15, 0.2) is 0 Å². The fraction of sp³-hybridized carbons (Fsp3) is 0.429. The van der Waals surface area contributed by atoms with Gasteiger partial charge >= 0.3 is 0 Å². The summed E-state index contributed by atoms with van der Waals surface area (Å²) in [6, 6.07) is 13.6. The van der Waals surface area contributed by atoms with Crippen LogP contribution in [0.3, 0.4) is 0 Å². The summed E-state index contributed by atoms with van der Waals surface area (Å²) in [7, 11) is 0. The fourth-order valence-electron chi connectivity index (χ4n) is 4.84. The van der Waals surface area contributed by atoms with Crippen molar-refractivity contribution in [1.29, 1.82) is 0 Å². The number of hydrogen-bond donors (Lipinski definition) is 3. The highest BCUT2D eigenvalue weighted by atomic mass is 16.3. The third kappa shape index (κ3) is 5.74. The largest absolute Gasteiger partial charge is 0.391 e. The van der Waals surface area contributed by atoms with E-state index >= 15 is 0 Å². The monoisotopic (exact) mass is 476 g/mol. The Kier molecular flexibility index (Phi) is 7.88. The lowest BCUT2D eigenvalue weighted by Gasteiger charge is -2.23. The van der Waals surface area contributed by atoms with E-state index in [1.807, 2.05) is 53.4 Å².